The number of nitrogens with zero attached hydrogens (tertiary/aromatic N) is 2. The summed E-state index contributed by atoms with van der Waals surface area (Å²) < 4.78 is 5.17. The van der Waals surface area contributed by atoms with Gasteiger partial charge in [0, 0.05) is 24.4 Å². The molecule has 4 nitrogen and oxygen atoms in total. The predicted octanol–water partition coefficient (Wildman–Crippen LogP) is 3.74. The number of rotatable bonds is 5. The van der Waals surface area contributed by atoms with E-state index in [1.54, 1.807) is 13.2 Å². The SMILES string of the molecule is COCc1ccccc1Nc1cc(Cl)nc(SC)n1. The van der Waals surface area contributed by atoms with Gasteiger partial charge < -0.3 is 10.1 Å². The molecule has 2 aromatic rings. The lowest BCUT2D eigenvalue weighted by atomic mass is 10.2. The molecule has 1 heterocycles. The molecule has 6 heteroatoms. The van der Waals surface area contributed by atoms with Crippen LogP contribution in [0.5, 0.6) is 0 Å². The molecule has 1 aromatic carbocycles. The highest BCUT2D eigenvalue weighted by molar-refractivity contribution is 7.98. The smallest absolute Gasteiger partial charge is 0.190 e. The molecular formula is C13H14ClN3OS. The fourth-order valence-electron chi connectivity index (χ4n) is 1.61. The number of nitrogens with one attached hydrogen (secondary N) is 1. The van der Waals surface area contributed by atoms with E-state index in [1.165, 1.54) is 11.8 Å². The van der Waals surface area contributed by atoms with Gasteiger partial charge in [-0.25, -0.2) is 9.97 Å². The number of hydrogen-bond donors (Lipinski definition) is 1. The zero-order valence-electron chi connectivity index (χ0n) is 10.7. The van der Waals surface area contributed by atoms with Gasteiger partial charge in [-0.3, -0.25) is 0 Å². The molecule has 1 aromatic heterocycles. The third-order valence-corrected chi connectivity index (χ3v) is 3.18. The Kier molecular flexibility index (Phi) is 5.01. The van der Waals surface area contributed by atoms with E-state index in [0.717, 1.165) is 11.3 Å². The minimum Gasteiger partial charge on any atom is -0.380 e. The van der Waals surface area contributed by atoms with Crippen LogP contribution in [-0.2, 0) is 11.3 Å². The van der Waals surface area contributed by atoms with E-state index in [0.29, 0.717) is 22.7 Å². The van der Waals surface area contributed by atoms with Crippen molar-refractivity contribution in [2.24, 2.45) is 0 Å². The van der Waals surface area contributed by atoms with E-state index in [2.05, 4.69) is 15.3 Å². The summed E-state index contributed by atoms with van der Waals surface area (Å²) in [5.41, 5.74) is 2.01. The third kappa shape index (κ3) is 3.83. The fraction of sp³-hybridized carbons (Fsp3) is 0.231. The average molecular weight is 296 g/mol. The summed E-state index contributed by atoms with van der Waals surface area (Å²) in [6, 6.07) is 9.61. The van der Waals surface area contributed by atoms with Crippen molar-refractivity contribution >= 4 is 34.9 Å². The van der Waals surface area contributed by atoms with Gasteiger partial charge in [0.2, 0.25) is 0 Å². The number of aromatic nitrogens is 2. The number of anilines is 2. The normalized spacial score (nSPS) is 10.5. The van der Waals surface area contributed by atoms with Crippen molar-refractivity contribution in [3.8, 4) is 0 Å². The maximum Gasteiger partial charge on any atom is 0.190 e. The minimum atomic E-state index is 0.422. The monoisotopic (exact) mass is 295 g/mol. The highest BCUT2D eigenvalue weighted by atomic mass is 35.5. The molecule has 0 amide bonds. The standard InChI is InChI=1S/C13H14ClN3OS/c1-18-8-9-5-3-4-6-10(9)15-12-7-11(14)16-13(17-12)19-2/h3-7H,8H2,1-2H3,(H,15,16,17). The summed E-state index contributed by atoms with van der Waals surface area (Å²) in [4.78, 5) is 8.47. The molecule has 100 valence electrons. The van der Waals surface area contributed by atoms with Gasteiger partial charge in [0.05, 0.1) is 6.61 Å². The third-order valence-electron chi connectivity index (χ3n) is 2.44. The van der Waals surface area contributed by atoms with Gasteiger partial charge in [-0.1, -0.05) is 41.6 Å². The van der Waals surface area contributed by atoms with Gasteiger partial charge in [-0.2, -0.15) is 0 Å². The molecule has 0 unspecified atom stereocenters. The van der Waals surface area contributed by atoms with Crippen LogP contribution in [0.3, 0.4) is 0 Å². The largest absolute Gasteiger partial charge is 0.380 e. The Labute approximate surface area is 121 Å². The molecule has 0 atom stereocenters. The van der Waals surface area contributed by atoms with Gasteiger partial charge in [0.1, 0.15) is 11.0 Å². The second-order valence-electron chi connectivity index (χ2n) is 3.78. The van der Waals surface area contributed by atoms with Crippen molar-refractivity contribution < 1.29 is 4.74 Å². The van der Waals surface area contributed by atoms with E-state index in [1.807, 2.05) is 30.5 Å². The molecule has 0 aliphatic carbocycles. The van der Waals surface area contributed by atoms with E-state index in [-0.39, 0.29) is 0 Å². The molecule has 0 saturated carbocycles. The number of halogens is 1. The van der Waals surface area contributed by atoms with E-state index in [9.17, 15) is 0 Å². The van der Waals surface area contributed by atoms with Gasteiger partial charge in [-0.05, 0) is 12.3 Å². The molecule has 0 fully saturated rings. The summed E-state index contributed by atoms with van der Waals surface area (Å²) in [6.45, 7) is 0.539. The lowest BCUT2D eigenvalue weighted by Crippen LogP contribution is -2.00. The van der Waals surface area contributed by atoms with Crippen LogP contribution in [0.25, 0.3) is 0 Å². The lowest BCUT2D eigenvalue weighted by molar-refractivity contribution is 0.185. The maximum absolute atomic E-state index is 5.97. The quantitative estimate of drug-likeness (QED) is 0.517. The summed E-state index contributed by atoms with van der Waals surface area (Å²) in [5.74, 6) is 0.674. The Morgan fingerprint density at radius 3 is 2.84 bits per heavy atom. The van der Waals surface area contributed by atoms with Crippen LogP contribution in [0, 0.1) is 0 Å². The molecule has 0 aliphatic rings. The second-order valence-corrected chi connectivity index (χ2v) is 4.94. The molecule has 19 heavy (non-hydrogen) atoms. The minimum absolute atomic E-state index is 0.422. The molecule has 2 rings (SSSR count). The number of benzene rings is 1. The topological polar surface area (TPSA) is 47.0 Å². The fourth-order valence-corrected chi connectivity index (χ4v) is 2.23. The summed E-state index contributed by atoms with van der Waals surface area (Å²) in [6.07, 6.45) is 1.91. The molecular weight excluding hydrogens is 282 g/mol. The molecule has 0 bridgehead atoms. The summed E-state index contributed by atoms with van der Waals surface area (Å²) in [7, 11) is 1.67. The number of hydrogen-bond acceptors (Lipinski definition) is 5. The number of para-hydroxylation sites is 1. The van der Waals surface area contributed by atoms with Crippen LogP contribution in [0.1, 0.15) is 5.56 Å². The van der Waals surface area contributed by atoms with Crippen LogP contribution >= 0.6 is 23.4 Å². The highest BCUT2D eigenvalue weighted by Gasteiger charge is 2.06. The summed E-state index contributed by atoms with van der Waals surface area (Å²) >= 11 is 7.42. The Balaban J connectivity index is 2.28. The van der Waals surface area contributed by atoms with Crippen LogP contribution in [0.15, 0.2) is 35.5 Å². The van der Waals surface area contributed by atoms with Gasteiger partial charge in [-0.15, -0.1) is 0 Å². The molecule has 0 aliphatic heterocycles. The number of methoxy groups -OCH3 is 1. The first-order chi connectivity index (χ1) is 9.22. The van der Waals surface area contributed by atoms with Crippen LogP contribution in [0.4, 0.5) is 11.5 Å². The van der Waals surface area contributed by atoms with Gasteiger partial charge >= 0.3 is 0 Å². The van der Waals surface area contributed by atoms with E-state index < -0.39 is 0 Å². The van der Waals surface area contributed by atoms with Gasteiger partial charge in [0.25, 0.3) is 0 Å². The molecule has 0 saturated heterocycles. The van der Waals surface area contributed by atoms with Crippen molar-refractivity contribution in [3.05, 3.63) is 41.0 Å². The Bertz CT molecular complexity index is 565. The summed E-state index contributed by atoms with van der Waals surface area (Å²) in [5, 5.41) is 4.30. The van der Waals surface area contributed by atoms with Crippen molar-refractivity contribution in [2.75, 3.05) is 18.7 Å². The average Bonchev–Trinajstić information content (AvgIpc) is 2.40. The lowest BCUT2D eigenvalue weighted by Gasteiger charge is -2.11. The van der Waals surface area contributed by atoms with Crippen LogP contribution in [0.2, 0.25) is 5.15 Å². The maximum atomic E-state index is 5.97. The Hall–Kier alpha value is -1.30. The van der Waals surface area contributed by atoms with E-state index >= 15 is 0 Å². The number of thioether (sulfide) groups is 1. The molecule has 0 radical (unpaired) electrons. The van der Waals surface area contributed by atoms with Gasteiger partial charge in [0.15, 0.2) is 5.16 Å². The predicted molar refractivity (Wildman–Crippen MR) is 79.3 cm³/mol. The second kappa shape index (κ2) is 6.75. The first kappa shape index (κ1) is 14.1. The van der Waals surface area contributed by atoms with Crippen molar-refractivity contribution in [1.29, 1.82) is 0 Å². The Morgan fingerprint density at radius 1 is 1.32 bits per heavy atom. The van der Waals surface area contributed by atoms with Crippen molar-refractivity contribution in [2.45, 2.75) is 11.8 Å². The zero-order valence-corrected chi connectivity index (χ0v) is 12.3. The number of ether oxygens (including phenoxy) is 1. The molecule has 1 N–H and O–H groups in total. The van der Waals surface area contributed by atoms with E-state index in [4.69, 9.17) is 16.3 Å². The zero-order chi connectivity index (χ0) is 13.7. The highest BCUT2D eigenvalue weighted by Crippen LogP contribution is 2.23. The Morgan fingerprint density at radius 2 is 2.11 bits per heavy atom. The van der Waals surface area contributed by atoms with Crippen LogP contribution < -0.4 is 5.32 Å². The van der Waals surface area contributed by atoms with Crippen LogP contribution in [-0.4, -0.2) is 23.3 Å². The first-order valence-corrected chi connectivity index (χ1v) is 7.25. The van der Waals surface area contributed by atoms with Crippen molar-refractivity contribution in [3.63, 3.8) is 0 Å². The molecule has 0 spiro atoms. The first-order valence-electron chi connectivity index (χ1n) is 5.65. The van der Waals surface area contributed by atoms with Crippen molar-refractivity contribution in [1.82, 2.24) is 9.97 Å².